The van der Waals surface area contributed by atoms with Gasteiger partial charge in [-0.15, -0.1) is 0 Å². The van der Waals surface area contributed by atoms with Gasteiger partial charge in [-0.2, -0.15) is 0 Å². The van der Waals surface area contributed by atoms with Crippen molar-refractivity contribution in [1.29, 1.82) is 0 Å². The summed E-state index contributed by atoms with van der Waals surface area (Å²) >= 11 is 0. The van der Waals surface area contributed by atoms with Crippen LogP contribution in [0.3, 0.4) is 0 Å². The van der Waals surface area contributed by atoms with Crippen molar-refractivity contribution < 1.29 is 47.5 Å². The number of carbonyl (C=O) groups excluding carboxylic acids is 2. The van der Waals surface area contributed by atoms with E-state index >= 15 is 0 Å². The van der Waals surface area contributed by atoms with Gasteiger partial charge in [0, 0.05) is 35.8 Å². The number of hydrogen-bond donors (Lipinski definition) is 0. The van der Waals surface area contributed by atoms with Crippen LogP contribution in [0, 0.1) is 0 Å². The van der Waals surface area contributed by atoms with Gasteiger partial charge in [0.25, 0.3) is 0 Å². The fourth-order valence-corrected chi connectivity index (χ4v) is 6.40. The molecule has 1 amide bonds. The standard InChI is InChI=1S/C30H35NO10/c1-30(2,3)41-29(33)31-11-9-16-19(15-10-12-37-13-15)26-27(39-14-38-26)25(36-6)20(16)22(31)23-17-7-8-18(34-4)24(35-5)21(17)28(32)40-23/h7-8,15,22-23H,9-14H2,1-6H3/t15?,22-,23+/m1/s1. The van der Waals surface area contributed by atoms with Crippen LogP contribution < -0.4 is 23.7 Å². The number of methoxy groups -OCH3 is 3. The van der Waals surface area contributed by atoms with Gasteiger partial charge < -0.3 is 37.9 Å². The van der Waals surface area contributed by atoms with Crippen LogP contribution in [0.15, 0.2) is 12.1 Å². The second-order valence-corrected chi connectivity index (χ2v) is 11.4. The first-order chi connectivity index (χ1) is 19.7. The summed E-state index contributed by atoms with van der Waals surface area (Å²) < 4.78 is 46.7. The fraction of sp³-hybridized carbons (Fsp3) is 0.533. The minimum absolute atomic E-state index is 0.0495. The maximum absolute atomic E-state index is 13.8. The van der Waals surface area contributed by atoms with Crippen molar-refractivity contribution in [2.45, 2.75) is 57.3 Å². The third-order valence-corrected chi connectivity index (χ3v) is 7.97. The number of hydrogen-bond acceptors (Lipinski definition) is 10. The number of fused-ring (bicyclic) bond motifs is 3. The molecule has 3 atom stereocenters. The minimum atomic E-state index is -0.883. The van der Waals surface area contributed by atoms with E-state index < -0.39 is 29.8 Å². The monoisotopic (exact) mass is 569 g/mol. The van der Waals surface area contributed by atoms with Crippen molar-refractivity contribution in [3.8, 4) is 28.7 Å². The summed E-state index contributed by atoms with van der Waals surface area (Å²) in [5.41, 5.74) is 2.78. The normalized spacial score (nSPS) is 22.6. The number of carbonyl (C=O) groups is 2. The zero-order valence-corrected chi connectivity index (χ0v) is 24.2. The lowest BCUT2D eigenvalue weighted by Crippen LogP contribution is -2.45. The molecule has 6 rings (SSSR count). The van der Waals surface area contributed by atoms with Crippen LogP contribution in [0.2, 0.25) is 0 Å². The summed E-state index contributed by atoms with van der Waals surface area (Å²) in [7, 11) is 4.54. The van der Waals surface area contributed by atoms with Gasteiger partial charge in [-0.05, 0) is 45.2 Å². The summed E-state index contributed by atoms with van der Waals surface area (Å²) in [6.45, 7) is 7.02. The van der Waals surface area contributed by atoms with Crippen LogP contribution >= 0.6 is 0 Å². The molecule has 0 spiro atoms. The molecule has 2 aromatic carbocycles. The van der Waals surface area contributed by atoms with Gasteiger partial charge in [-0.1, -0.05) is 6.07 Å². The van der Waals surface area contributed by atoms with E-state index in [1.807, 2.05) is 20.8 Å². The van der Waals surface area contributed by atoms with Crippen molar-refractivity contribution in [3.05, 3.63) is 39.9 Å². The molecule has 220 valence electrons. The molecule has 41 heavy (non-hydrogen) atoms. The first-order valence-corrected chi connectivity index (χ1v) is 13.7. The van der Waals surface area contributed by atoms with Crippen molar-refractivity contribution >= 4 is 12.1 Å². The summed E-state index contributed by atoms with van der Waals surface area (Å²) in [4.78, 5) is 28.8. The first kappa shape index (κ1) is 27.3. The Balaban J connectivity index is 1.59. The van der Waals surface area contributed by atoms with E-state index in [1.165, 1.54) is 14.2 Å². The molecule has 2 aromatic rings. The Bertz CT molecular complexity index is 1390. The molecule has 0 N–H and O–H groups in total. The average molecular weight is 570 g/mol. The van der Waals surface area contributed by atoms with E-state index in [2.05, 4.69) is 0 Å². The van der Waals surface area contributed by atoms with Crippen molar-refractivity contribution in [1.82, 2.24) is 4.90 Å². The van der Waals surface area contributed by atoms with Crippen LogP contribution in [-0.2, 0) is 20.6 Å². The van der Waals surface area contributed by atoms with Gasteiger partial charge >= 0.3 is 12.1 Å². The quantitative estimate of drug-likeness (QED) is 0.470. The molecular weight excluding hydrogens is 534 g/mol. The van der Waals surface area contributed by atoms with Crippen molar-refractivity contribution in [3.63, 3.8) is 0 Å². The molecule has 11 heteroatoms. The number of esters is 1. The molecule has 0 aromatic heterocycles. The predicted molar refractivity (Wildman–Crippen MR) is 144 cm³/mol. The summed E-state index contributed by atoms with van der Waals surface area (Å²) in [5.74, 6) is 1.76. The van der Waals surface area contributed by atoms with Gasteiger partial charge in [-0.25, -0.2) is 9.59 Å². The summed E-state index contributed by atoms with van der Waals surface area (Å²) in [5, 5.41) is 0. The number of ether oxygens (including phenoxy) is 8. The molecule has 4 aliphatic rings. The van der Waals surface area contributed by atoms with Crippen LogP contribution in [0.5, 0.6) is 28.7 Å². The largest absolute Gasteiger partial charge is 0.493 e. The molecular formula is C30H35NO10. The topological polar surface area (TPSA) is 111 Å². The Labute approximate surface area is 238 Å². The summed E-state index contributed by atoms with van der Waals surface area (Å²) in [6, 6.07) is 2.72. The average Bonchev–Trinajstić information content (AvgIpc) is 3.70. The van der Waals surface area contributed by atoms with Gasteiger partial charge in [0.05, 0.1) is 27.9 Å². The number of nitrogens with zero attached hydrogens (tertiary/aromatic N) is 1. The van der Waals surface area contributed by atoms with Crippen LogP contribution in [0.4, 0.5) is 4.79 Å². The second kappa shape index (κ2) is 10.2. The maximum Gasteiger partial charge on any atom is 0.410 e. The molecule has 1 fully saturated rings. The van der Waals surface area contributed by atoms with Crippen molar-refractivity contribution in [2.75, 3.05) is 47.9 Å². The fourth-order valence-electron chi connectivity index (χ4n) is 6.40. The van der Waals surface area contributed by atoms with E-state index in [1.54, 1.807) is 24.1 Å². The molecule has 1 saturated heterocycles. The minimum Gasteiger partial charge on any atom is -0.493 e. The second-order valence-electron chi connectivity index (χ2n) is 11.4. The highest BCUT2D eigenvalue weighted by atomic mass is 16.7. The molecule has 4 aliphatic heterocycles. The van der Waals surface area contributed by atoms with Gasteiger partial charge in [-0.3, -0.25) is 4.90 Å². The van der Waals surface area contributed by atoms with Gasteiger partial charge in [0.1, 0.15) is 17.2 Å². The zero-order chi connectivity index (χ0) is 29.1. The highest BCUT2D eigenvalue weighted by Gasteiger charge is 2.50. The van der Waals surface area contributed by atoms with E-state index in [9.17, 15) is 9.59 Å². The van der Waals surface area contributed by atoms with E-state index in [0.717, 1.165) is 17.5 Å². The lowest BCUT2D eigenvalue weighted by molar-refractivity contribution is -0.0195. The van der Waals surface area contributed by atoms with E-state index in [-0.39, 0.29) is 24.0 Å². The van der Waals surface area contributed by atoms with Crippen LogP contribution in [-0.4, -0.2) is 70.4 Å². The number of cyclic esters (lactones) is 1. The Hall–Kier alpha value is -3.86. The molecule has 1 unspecified atom stereocenters. The molecule has 4 heterocycles. The third-order valence-electron chi connectivity index (χ3n) is 7.97. The zero-order valence-electron chi connectivity index (χ0n) is 24.2. The van der Waals surface area contributed by atoms with E-state index in [0.29, 0.717) is 60.3 Å². The van der Waals surface area contributed by atoms with E-state index in [4.69, 9.17) is 37.9 Å². The number of benzene rings is 2. The van der Waals surface area contributed by atoms with Gasteiger partial charge in [0.2, 0.25) is 12.5 Å². The third kappa shape index (κ3) is 4.37. The summed E-state index contributed by atoms with van der Waals surface area (Å²) in [6.07, 6.45) is -0.0641. The van der Waals surface area contributed by atoms with Gasteiger partial charge in [0.15, 0.2) is 29.1 Å². The van der Waals surface area contributed by atoms with Crippen LogP contribution in [0.25, 0.3) is 0 Å². The molecule has 11 nitrogen and oxygen atoms in total. The maximum atomic E-state index is 13.8. The predicted octanol–water partition coefficient (Wildman–Crippen LogP) is 4.69. The first-order valence-electron chi connectivity index (χ1n) is 13.7. The lowest BCUT2D eigenvalue weighted by Gasteiger charge is -2.42. The highest BCUT2D eigenvalue weighted by Crippen LogP contribution is 2.59. The SMILES string of the molecule is COc1ccc2c(c1OC)C(=O)O[C@@H]2[C@H]1c2c(c(C3CCOC3)c3c(c2OC)OCO3)CCN1C(=O)OC(C)(C)C. The Morgan fingerprint density at radius 2 is 1.76 bits per heavy atom. The highest BCUT2D eigenvalue weighted by molar-refractivity contribution is 5.98. The molecule has 0 radical (unpaired) electrons. The van der Waals surface area contributed by atoms with Crippen LogP contribution in [0.1, 0.15) is 77.9 Å². The number of amides is 1. The number of rotatable bonds is 5. The molecule has 0 saturated carbocycles. The Kier molecular flexibility index (Phi) is 6.80. The Morgan fingerprint density at radius 1 is 1.00 bits per heavy atom. The molecule has 0 aliphatic carbocycles. The smallest absolute Gasteiger partial charge is 0.410 e. The molecule has 0 bridgehead atoms. The van der Waals surface area contributed by atoms with Crippen molar-refractivity contribution in [2.24, 2.45) is 0 Å². The lowest BCUT2D eigenvalue weighted by atomic mass is 9.79. The Morgan fingerprint density at radius 3 is 2.41 bits per heavy atom.